The number of nitrogens with zero attached hydrogens (tertiary/aromatic N) is 2. The third kappa shape index (κ3) is 4.09. The first-order chi connectivity index (χ1) is 16.5. The quantitative estimate of drug-likeness (QED) is 0.323. The largest absolute Gasteiger partial charge is 0.322 e. The topological polar surface area (TPSA) is 76.0 Å². The minimum absolute atomic E-state index is 0.219. The fourth-order valence-corrected chi connectivity index (χ4v) is 4.90. The maximum Gasteiger partial charge on any atom is 0.265 e. The van der Waals surface area contributed by atoms with Gasteiger partial charge in [0.05, 0.1) is 16.3 Å². The number of carbonyl (C=O) groups is 2. The number of amides is 2. The highest BCUT2D eigenvalue weighted by Crippen LogP contribution is 2.31. The molecule has 0 fully saturated rings. The zero-order valence-corrected chi connectivity index (χ0v) is 19.5. The maximum atomic E-state index is 13.1. The number of hydrogen-bond acceptors (Lipinski definition) is 4. The summed E-state index contributed by atoms with van der Waals surface area (Å²) in [6.45, 7) is 3.77. The van der Waals surface area contributed by atoms with Crippen molar-refractivity contribution in [3.63, 3.8) is 0 Å². The minimum Gasteiger partial charge on any atom is -0.322 e. The van der Waals surface area contributed by atoms with Gasteiger partial charge in [0, 0.05) is 22.3 Å². The number of benzene rings is 3. The molecule has 6 nitrogen and oxygen atoms in total. The Hall–Kier alpha value is -4.23. The lowest BCUT2D eigenvalue weighted by Gasteiger charge is -2.12. The van der Waals surface area contributed by atoms with E-state index in [-0.39, 0.29) is 11.8 Å². The Morgan fingerprint density at radius 1 is 0.824 bits per heavy atom. The Labute approximate surface area is 200 Å². The lowest BCUT2D eigenvalue weighted by molar-refractivity contribution is 0.101. The molecule has 2 aromatic heterocycles. The fourth-order valence-electron chi connectivity index (χ4n) is 3.82. The van der Waals surface area contributed by atoms with Crippen molar-refractivity contribution in [2.75, 3.05) is 10.6 Å². The van der Waals surface area contributed by atoms with Gasteiger partial charge < -0.3 is 10.6 Å². The minimum atomic E-state index is -0.222. The molecule has 0 aliphatic carbocycles. The van der Waals surface area contributed by atoms with E-state index in [1.807, 2.05) is 85.3 Å². The van der Waals surface area contributed by atoms with Crippen molar-refractivity contribution in [1.29, 1.82) is 0 Å². The molecule has 0 atom stereocenters. The number of carbonyl (C=O) groups excluding carboxylic acids is 2. The summed E-state index contributed by atoms with van der Waals surface area (Å²) in [6, 6.07) is 26.3. The number of anilines is 2. The second-order valence-electron chi connectivity index (χ2n) is 7.91. The van der Waals surface area contributed by atoms with E-state index in [0.29, 0.717) is 21.7 Å². The molecule has 0 spiro atoms. The molecule has 0 bridgehead atoms. The molecule has 7 heteroatoms. The van der Waals surface area contributed by atoms with Crippen molar-refractivity contribution >= 4 is 44.7 Å². The van der Waals surface area contributed by atoms with Crippen LogP contribution in [0.15, 0.2) is 84.9 Å². The lowest BCUT2D eigenvalue weighted by Crippen LogP contribution is -2.16. The van der Waals surface area contributed by atoms with Gasteiger partial charge in [-0.3, -0.25) is 9.59 Å². The van der Waals surface area contributed by atoms with Crippen LogP contribution in [0.1, 0.15) is 31.3 Å². The predicted octanol–water partition coefficient (Wildman–Crippen LogP) is 6.21. The molecule has 0 saturated carbocycles. The van der Waals surface area contributed by atoms with Crippen molar-refractivity contribution in [2.24, 2.45) is 0 Å². The summed E-state index contributed by atoms with van der Waals surface area (Å²) in [7, 11) is 0. The van der Waals surface area contributed by atoms with E-state index in [1.54, 1.807) is 18.2 Å². The molecule has 0 saturated heterocycles. The summed E-state index contributed by atoms with van der Waals surface area (Å²) < 4.78 is 1.87. The van der Waals surface area contributed by atoms with Crippen molar-refractivity contribution in [3.05, 3.63) is 107 Å². The summed E-state index contributed by atoms with van der Waals surface area (Å²) >= 11 is 1.39. The average Bonchev–Trinajstić information content (AvgIpc) is 3.42. The van der Waals surface area contributed by atoms with Crippen LogP contribution in [0, 0.1) is 13.8 Å². The van der Waals surface area contributed by atoms with E-state index in [9.17, 15) is 9.59 Å². The highest BCUT2D eigenvalue weighted by Gasteiger charge is 2.19. The molecule has 5 aromatic rings. The SMILES string of the molecule is Cc1c(NC(=O)c2cc3c(C)nn(-c4ccccc4)c3s2)cccc1C(=O)Nc1ccccc1. The first kappa shape index (κ1) is 21.6. The molecular weight excluding hydrogens is 444 g/mol. The number of rotatable bonds is 5. The molecule has 0 radical (unpaired) electrons. The Morgan fingerprint density at radius 2 is 1.53 bits per heavy atom. The van der Waals surface area contributed by atoms with Gasteiger partial charge in [-0.05, 0) is 61.9 Å². The van der Waals surface area contributed by atoms with E-state index in [4.69, 9.17) is 0 Å². The van der Waals surface area contributed by atoms with E-state index < -0.39 is 0 Å². The summed E-state index contributed by atoms with van der Waals surface area (Å²) in [5.74, 6) is -0.441. The number of aromatic nitrogens is 2. The van der Waals surface area contributed by atoms with Crippen LogP contribution in [0.3, 0.4) is 0 Å². The van der Waals surface area contributed by atoms with Crippen molar-refractivity contribution in [1.82, 2.24) is 9.78 Å². The molecule has 0 aliphatic rings. The number of thiophene rings is 1. The van der Waals surface area contributed by atoms with Crippen LogP contribution >= 0.6 is 11.3 Å². The van der Waals surface area contributed by atoms with E-state index in [0.717, 1.165) is 27.3 Å². The van der Waals surface area contributed by atoms with E-state index in [1.165, 1.54) is 11.3 Å². The fraction of sp³-hybridized carbons (Fsp3) is 0.0741. The van der Waals surface area contributed by atoms with Gasteiger partial charge in [0.1, 0.15) is 4.83 Å². The second kappa shape index (κ2) is 8.96. The Morgan fingerprint density at radius 3 is 2.26 bits per heavy atom. The summed E-state index contributed by atoms with van der Waals surface area (Å²) in [5.41, 5.74) is 4.34. The number of nitrogens with one attached hydrogen (secondary N) is 2. The third-order valence-electron chi connectivity index (χ3n) is 5.63. The maximum absolute atomic E-state index is 13.1. The molecule has 168 valence electrons. The molecule has 2 amide bonds. The van der Waals surface area contributed by atoms with E-state index >= 15 is 0 Å². The molecule has 2 N–H and O–H groups in total. The summed E-state index contributed by atoms with van der Waals surface area (Å²) in [6.07, 6.45) is 0. The number of para-hydroxylation sites is 2. The zero-order chi connectivity index (χ0) is 23.7. The van der Waals surface area contributed by atoms with Crippen LogP contribution in [0.4, 0.5) is 11.4 Å². The highest BCUT2D eigenvalue weighted by atomic mass is 32.1. The van der Waals surface area contributed by atoms with Crippen LogP contribution in [0.25, 0.3) is 15.9 Å². The van der Waals surface area contributed by atoms with Gasteiger partial charge in [0.2, 0.25) is 0 Å². The molecule has 3 aromatic carbocycles. The standard InChI is InChI=1S/C27H22N4O2S/c1-17-21(25(32)28-19-10-5-3-6-11-19)14-9-15-23(17)29-26(33)24-16-22-18(2)30-31(27(22)34-24)20-12-7-4-8-13-20/h3-16H,1-2H3,(H,28,32)(H,29,33). The molecule has 5 rings (SSSR count). The Kier molecular flexibility index (Phi) is 5.69. The monoisotopic (exact) mass is 466 g/mol. The Bertz CT molecular complexity index is 1500. The van der Waals surface area contributed by atoms with Crippen LogP contribution in [-0.4, -0.2) is 21.6 Å². The first-order valence-corrected chi connectivity index (χ1v) is 11.6. The van der Waals surface area contributed by atoms with Crippen LogP contribution in [0.5, 0.6) is 0 Å². The van der Waals surface area contributed by atoms with Gasteiger partial charge in [-0.2, -0.15) is 5.10 Å². The zero-order valence-electron chi connectivity index (χ0n) is 18.7. The normalized spacial score (nSPS) is 10.9. The summed E-state index contributed by atoms with van der Waals surface area (Å²) in [4.78, 5) is 27.4. The Balaban J connectivity index is 1.40. The number of aryl methyl sites for hydroxylation is 1. The third-order valence-corrected chi connectivity index (χ3v) is 6.74. The van der Waals surface area contributed by atoms with E-state index in [2.05, 4.69) is 15.7 Å². The van der Waals surface area contributed by atoms with Crippen molar-refractivity contribution in [3.8, 4) is 5.69 Å². The van der Waals surface area contributed by atoms with Crippen LogP contribution in [0.2, 0.25) is 0 Å². The van der Waals surface area contributed by atoms with Crippen molar-refractivity contribution < 1.29 is 9.59 Å². The van der Waals surface area contributed by atoms with Gasteiger partial charge in [0.15, 0.2) is 0 Å². The van der Waals surface area contributed by atoms with Crippen LogP contribution < -0.4 is 10.6 Å². The smallest absolute Gasteiger partial charge is 0.265 e. The predicted molar refractivity (Wildman–Crippen MR) is 137 cm³/mol. The van der Waals surface area contributed by atoms with Gasteiger partial charge in [0.25, 0.3) is 11.8 Å². The number of hydrogen-bond donors (Lipinski definition) is 2. The highest BCUT2D eigenvalue weighted by molar-refractivity contribution is 7.20. The number of fused-ring (bicyclic) bond motifs is 1. The first-order valence-electron chi connectivity index (χ1n) is 10.8. The summed E-state index contributed by atoms with van der Waals surface area (Å²) in [5, 5.41) is 11.5. The van der Waals surface area contributed by atoms with Crippen LogP contribution in [-0.2, 0) is 0 Å². The van der Waals surface area contributed by atoms with Gasteiger partial charge in [-0.1, -0.05) is 42.5 Å². The van der Waals surface area contributed by atoms with Gasteiger partial charge in [-0.15, -0.1) is 11.3 Å². The molecule has 34 heavy (non-hydrogen) atoms. The average molecular weight is 467 g/mol. The van der Waals surface area contributed by atoms with Gasteiger partial charge >= 0.3 is 0 Å². The molecule has 0 aliphatic heterocycles. The lowest BCUT2D eigenvalue weighted by atomic mass is 10.1. The molecule has 0 unspecified atom stereocenters. The molecular formula is C27H22N4O2S. The van der Waals surface area contributed by atoms with Crippen molar-refractivity contribution in [2.45, 2.75) is 13.8 Å². The van der Waals surface area contributed by atoms with Gasteiger partial charge in [-0.25, -0.2) is 4.68 Å². The molecule has 2 heterocycles. The second-order valence-corrected chi connectivity index (χ2v) is 8.95.